The molecule has 0 amide bonds. The highest BCUT2D eigenvalue weighted by molar-refractivity contribution is 7.08. The largest absolute Gasteiger partial charge is 0.416 e. The molecule has 0 spiro atoms. The van der Waals surface area contributed by atoms with Crippen LogP contribution in [0.15, 0.2) is 45.9 Å². The zero-order valence-corrected chi connectivity index (χ0v) is 15.0. The van der Waals surface area contributed by atoms with Crippen LogP contribution in [-0.2, 0) is 6.18 Å². The van der Waals surface area contributed by atoms with Crippen LogP contribution in [0.25, 0.3) is 17.3 Å². The van der Waals surface area contributed by atoms with Crippen LogP contribution in [0.5, 0.6) is 0 Å². The SMILES string of the molecule is N#CC(C#N)=c1s/c(=C/c2ccsc2)c(=O)n1-c1cccc(C(F)(F)F)c1. The van der Waals surface area contributed by atoms with Gasteiger partial charge in [-0.25, -0.2) is 0 Å². The Balaban J connectivity index is 2.39. The number of hydrogen-bond donors (Lipinski definition) is 0. The van der Waals surface area contributed by atoms with E-state index >= 15 is 0 Å². The maximum absolute atomic E-state index is 13.0. The van der Waals surface area contributed by atoms with Gasteiger partial charge in [0.15, 0.2) is 5.57 Å². The van der Waals surface area contributed by atoms with E-state index in [1.54, 1.807) is 29.7 Å². The van der Waals surface area contributed by atoms with Gasteiger partial charge in [-0.3, -0.25) is 9.36 Å². The van der Waals surface area contributed by atoms with Crippen molar-refractivity contribution in [1.29, 1.82) is 10.5 Å². The van der Waals surface area contributed by atoms with Crippen molar-refractivity contribution in [2.75, 3.05) is 0 Å². The van der Waals surface area contributed by atoms with Crippen molar-refractivity contribution in [3.8, 4) is 17.8 Å². The van der Waals surface area contributed by atoms with Gasteiger partial charge in [-0.05, 0) is 46.7 Å². The number of nitriles is 2. The summed E-state index contributed by atoms with van der Waals surface area (Å²) in [6.45, 7) is 0. The fourth-order valence-corrected chi connectivity index (χ4v) is 4.01. The third-order valence-electron chi connectivity index (χ3n) is 3.53. The summed E-state index contributed by atoms with van der Waals surface area (Å²) < 4.78 is 40.3. The summed E-state index contributed by atoms with van der Waals surface area (Å²) in [5.41, 5.74) is -1.18. The van der Waals surface area contributed by atoms with Gasteiger partial charge < -0.3 is 0 Å². The smallest absolute Gasteiger partial charge is 0.267 e. The molecule has 2 heterocycles. The van der Waals surface area contributed by atoms with E-state index < -0.39 is 17.3 Å². The third-order valence-corrected chi connectivity index (χ3v) is 5.33. The lowest BCUT2D eigenvalue weighted by Gasteiger charge is -2.09. The Kier molecular flexibility index (Phi) is 5.00. The highest BCUT2D eigenvalue weighted by atomic mass is 32.1. The van der Waals surface area contributed by atoms with Gasteiger partial charge in [0, 0.05) is 0 Å². The Hall–Kier alpha value is -3.14. The molecule has 1 aromatic carbocycles. The number of benzene rings is 1. The van der Waals surface area contributed by atoms with Crippen LogP contribution < -0.4 is 14.8 Å². The predicted octanol–water partition coefficient (Wildman–Crippen LogP) is 3.01. The Morgan fingerprint density at radius 2 is 1.93 bits per heavy atom. The van der Waals surface area contributed by atoms with Gasteiger partial charge in [-0.1, -0.05) is 6.07 Å². The van der Waals surface area contributed by atoms with E-state index in [1.165, 1.54) is 23.5 Å². The van der Waals surface area contributed by atoms with Crippen molar-refractivity contribution in [2.24, 2.45) is 0 Å². The maximum Gasteiger partial charge on any atom is 0.416 e. The topological polar surface area (TPSA) is 69.6 Å². The fraction of sp³-hybridized carbons (Fsp3) is 0.0556. The first-order valence-electron chi connectivity index (χ1n) is 7.33. The average molecular weight is 403 g/mol. The van der Waals surface area contributed by atoms with E-state index in [-0.39, 0.29) is 20.5 Å². The lowest BCUT2D eigenvalue weighted by molar-refractivity contribution is -0.137. The molecule has 3 aromatic rings. The van der Waals surface area contributed by atoms with Gasteiger partial charge >= 0.3 is 6.18 Å². The lowest BCUT2D eigenvalue weighted by Crippen LogP contribution is -2.30. The predicted molar refractivity (Wildman–Crippen MR) is 96.7 cm³/mol. The van der Waals surface area contributed by atoms with Crippen molar-refractivity contribution < 1.29 is 13.2 Å². The number of thiazole rings is 1. The van der Waals surface area contributed by atoms with E-state index in [9.17, 15) is 28.5 Å². The molecule has 4 nitrogen and oxygen atoms in total. The standard InChI is InChI=1S/C18H8F3N3OS2/c19-18(20,21)13-2-1-3-14(7-13)24-16(25)15(6-11-4-5-26-10-11)27-17(24)12(8-22)9-23/h1-7,10H/b15-6+. The molecule has 0 N–H and O–H groups in total. The molecule has 2 aromatic heterocycles. The zero-order valence-electron chi connectivity index (χ0n) is 13.3. The summed E-state index contributed by atoms with van der Waals surface area (Å²) in [7, 11) is 0. The van der Waals surface area contributed by atoms with Crippen molar-refractivity contribution in [3.63, 3.8) is 0 Å². The minimum absolute atomic E-state index is 0.00851. The number of nitrogens with zero attached hydrogens (tertiary/aromatic N) is 3. The maximum atomic E-state index is 13.0. The molecule has 0 saturated carbocycles. The van der Waals surface area contributed by atoms with Gasteiger partial charge in [-0.15, -0.1) is 11.3 Å². The second kappa shape index (κ2) is 7.23. The average Bonchev–Trinajstić information content (AvgIpc) is 3.25. The van der Waals surface area contributed by atoms with Crippen LogP contribution >= 0.6 is 22.7 Å². The summed E-state index contributed by atoms with van der Waals surface area (Å²) in [5, 5.41) is 22.0. The summed E-state index contributed by atoms with van der Waals surface area (Å²) in [4.78, 5) is 12.8. The van der Waals surface area contributed by atoms with E-state index in [4.69, 9.17) is 0 Å². The quantitative estimate of drug-likeness (QED) is 0.661. The molecular formula is C18H8F3N3OS2. The lowest BCUT2D eigenvalue weighted by atomic mass is 10.2. The number of halogens is 3. The highest BCUT2D eigenvalue weighted by Crippen LogP contribution is 2.29. The molecule has 27 heavy (non-hydrogen) atoms. The number of aromatic nitrogens is 1. The molecule has 3 rings (SSSR count). The van der Waals surface area contributed by atoms with Crippen LogP contribution in [0.1, 0.15) is 11.1 Å². The van der Waals surface area contributed by atoms with Crippen LogP contribution in [0, 0.1) is 22.7 Å². The molecule has 0 radical (unpaired) electrons. The van der Waals surface area contributed by atoms with Crippen LogP contribution in [0.4, 0.5) is 13.2 Å². The molecule has 0 atom stereocenters. The summed E-state index contributed by atoms with van der Waals surface area (Å²) in [5.74, 6) is 0. The molecule has 0 unspecified atom stereocenters. The van der Waals surface area contributed by atoms with Crippen molar-refractivity contribution in [2.45, 2.75) is 6.18 Å². The van der Waals surface area contributed by atoms with Crippen LogP contribution in [-0.4, -0.2) is 4.57 Å². The molecule has 0 aliphatic heterocycles. The summed E-state index contributed by atoms with van der Waals surface area (Å²) >= 11 is 2.31. The van der Waals surface area contributed by atoms with E-state index in [0.29, 0.717) is 0 Å². The van der Waals surface area contributed by atoms with E-state index in [1.807, 2.05) is 5.38 Å². The molecule has 9 heteroatoms. The first-order valence-corrected chi connectivity index (χ1v) is 9.09. The second-order valence-electron chi connectivity index (χ2n) is 5.26. The van der Waals surface area contributed by atoms with Gasteiger partial charge in [0.05, 0.1) is 15.8 Å². The van der Waals surface area contributed by atoms with Crippen molar-refractivity contribution >= 4 is 34.3 Å². The molecule has 0 saturated heterocycles. The van der Waals surface area contributed by atoms with Crippen molar-refractivity contribution in [3.05, 3.63) is 71.8 Å². The molecule has 0 aliphatic rings. The number of hydrogen-bond acceptors (Lipinski definition) is 5. The first-order chi connectivity index (χ1) is 12.8. The van der Waals surface area contributed by atoms with Gasteiger partial charge in [0.25, 0.3) is 5.56 Å². The Labute approximate surface area is 158 Å². The molecule has 0 fully saturated rings. The van der Waals surface area contributed by atoms with E-state index in [0.717, 1.165) is 33.6 Å². The van der Waals surface area contributed by atoms with Crippen molar-refractivity contribution in [1.82, 2.24) is 4.57 Å². The number of alkyl halides is 3. The summed E-state index contributed by atoms with van der Waals surface area (Å²) in [6, 6.07) is 9.37. The molecule has 0 aliphatic carbocycles. The Morgan fingerprint density at radius 1 is 1.19 bits per heavy atom. The summed E-state index contributed by atoms with van der Waals surface area (Å²) in [6.07, 6.45) is -3.01. The highest BCUT2D eigenvalue weighted by Gasteiger charge is 2.30. The molecule has 134 valence electrons. The zero-order chi connectivity index (χ0) is 19.6. The Morgan fingerprint density at radius 3 is 2.52 bits per heavy atom. The van der Waals surface area contributed by atoms with Crippen LogP contribution in [0.3, 0.4) is 0 Å². The molecular weight excluding hydrogens is 395 g/mol. The van der Waals surface area contributed by atoms with Crippen LogP contribution in [0.2, 0.25) is 0 Å². The van der Waals surface area contributed by atoms with Gasteiger partial charge in [-0.2, -0.15) is 35.0 Å². The normalized spacial score (nSPS) is 11.8. The molecule has 0 bridgehead atoms. The minimum atomic E-state index is -4.58. The van der Waals surface area contributed by atoms with E-state index in [2.05, 4.69) is 0 Å². The third kappa shape index (κ3) is 3.70. The van der Waals surface area contributed by atoms with Gasteiger partial charge in [0.1, 0.15) is 16.8 Å². The monoisotopic (exact) mass is 403 g/mol. The fourth-order valence-electron chi connectivity index (χ4n) is 2.33. The number of thiophene rings is 1. The first kappa shape index (κ1) is 18.6. The Bertz CT molecular complexity index is 1240. The van der Waals surface area contributed by atoms with Gasteiger partial charge in [0.2, 0.25) is 0 Å². The number of rotatable bonds is 2. The minimum Gasteiger partial charge on any atom is -0.267 e. The second-order valence-corrected chi connectivity index (χ2v) is 7.07.